The number of guanidine groups is 1. The summed E-state index contributed by atoms with van der Waals surface area (Å²) in [5.41, 5.74) is 2.53. The van der Waals surface area contributed by atoms with Crippen LogP contribution in [0.5, 0.6) is 0 Å². The minimum Gasteiger partial charge on any atom is -0.357 e. The number of hydrogen-bond donors (Lipinski definition) is 1. The normalized spacial score (nSPS) is 15.8. The maximum atomic E-state index is 4.95. The molecule has 1 fully saturated rings. The maximum Gasteiger partial charge on any atom is 0.193 e. The number of nitrogens with zero attached hydrogens (tertiary/aromatic N) is 4. The second-order valence-electron chi connectivity index (χ2n) is 7.61. The molecule has 2 heterocycles. The first kappa shape index (κ1) is 24.1. The van der Waals surface area contributed by atoms with Crippen molar-refractivity contribution < 1.29 is 0 Å². The van der Waals surface area contributed by atoms with Crippen molar-refractivity contribution in [2.24, 2.45) is 10.9 Å². The van der Waals surface area contributed by atoms with Crippen molar-refractivity contribution >= 4 is 41.3 Å². The van der Waals surface area contributed by atoms with Gasteiger partial charge in [-0.05, 0) is 51.3 Å². The molecule has 0 bridgehead atoms. The smallest absolute Gasteiger partial charge is 0.193 e. The molecule has 1 aromatic heterocycles. The minimum absolute atomic E-state index is 0. The monoisotopic (exact) mass is 527 g/mol. The van der Waals surface area contributed by atoms with Crippen LogP contribution in [0, 0.1) is 12.8 Å². The number of aryl methyl sites for hydroxylation is 1. The van der Waals surface area contributed by atoms with Crippen LogP contribution < -0.4 is 5.32 Å². The van der Waals surface area contributed by atoms with E-state index in [-0.39, 0.29) is 24.0 Å². The van der Waals surface area contributed by atoms with Crippen LogP contribution in [-0.2, 0) is 13.1 Å². The minimum atomic E-state index is 0. The van der Waals surface area contributed by atoms with E-state index < -0.39 is 0 Å². The Morgan fingerprint density at radius 2 is 2.00 bits per heavy atom. The molecule has 2 aromatic rings. The maximum absolute atomic E-state index is 4.95. The summed E-state index contributed by atoms with van der Waals surface area (Å²) >= 11 is 1.75. The quantitative estimate of drug-likeness (QED) is 0.330. The largest absolute Gasteiger partial charge is 0.357 e. The number of benzene rings is 1. The van der Waals surface area contributed by atoms with Crippen molar-refractivity contribution in [3.05, 3.63) is 52.0 Å². The van der Waals surface area contributed by atoms with Gasteiger partial charge in [-0.15, -0.1) is 35.3 Å². The average Bonchev–Trinajstić information content (AvgIpc) is 3.11. The van der Waals surface area contributed by atoms with Crippen LogP contribution in [0.3, 0.4) is 0 Å². The number of aliphatic imine (C=N–C) groups is 1. The fourth-order valence-corrected chi connectivity index (χ4v) is 4.26. The number of likely N-dealkylation sites (tertiary alicyclic amines) is 1. The molecule has 0 amide bonds. The second kappa shape index (κ2) is 12.5. The molecule has 1 saturated heterocycles. The molecule has 3 rings (SSSR count). The van der Waals surface area contributed by atoms with Crippen molar-refractivity contribution in [3.8, 4) is 0 Å². The molecular weight excluding hydrogens is 493 g/mol. The lowest BCUT2D eigenvalue weighted by molar-refractivity contribution is 0.179. The summed E-state index contributed by atoms with van der Waals surface area (Å²) in [7, 11) is 2.12. The van der Waals surface area contributed by atoms with E-state index in [9.17, 15) is 0 Å². The van der Waals surface area contributed by atoms with Gasteiger partial charge in [0.1, 0.15) is 0 Å². The molecule has 0 unspecified atom stereocenters. The predicted octanol–water partition coefficient (Wildman–Crippen LogP) is 4.38. The van der Waals surface area contributed by atoms with Gasteiger partial charge in [-0.3, -0.25) is 9.89 Å². The summed E-state index contributed by atoms with van der Waals surface area (Å²) in [6.45, 7) is 10.2. The molecule has 1 aliphatic rings. The van der Waals surface area contributed by atoms with Gasteiger partial charge in [-0.25, -0.2) is 4.98 Å². The van der Waals surface area contributed by atoms with Crippen LogP contribution in [0.1, 0.15) is 36.0 Å². The van der Waals surface area contributed by atoms with Crippen LogP contribution in [0.2, 0.25) is 0 Å². The van der Waals surface area contributed by atoms with Crippen molar-refractivity contribution in [2.45, 2.75) is 39.8 Å². The zero-order valence-electron chi connectivity index (χ0n) is 17.8. The molecule has 0 saturated carbocycles. The number of aromatic nitrogens is 1. The number of halogens is 1. The summed E-state index contributed by atoms with van der Waals surface area (Å²) in [6.07, 6.45) is 2.43. The molecule has 1 N–H and O–H groups in total. The zero-order valence-corrected chi connectivity index (χ0v) is 21.0. The van der Waals surface area contributed by atoms with Gasteiger partial charge in [-0.1, -0.05) is 30.3 Å². The number of piperidine rings is 1. The first-order valence-electron chi connectivity index (χ1n) is 10.3. The van der Waals surface area contributed by atoms with E-state index in [4.69, 9.17) is 4.99 Å². The fraction of sp³-hybridized carbons (Fsp3) is 0.545. The highest BCUT2D eigenvalue weighted by Crippen LogP contribution is 2.20. The van der Waals surface area contributed by atoms with E-state index in [0.29, 0.717) is 5.92 Å². The number of hydrogen-bond acceptors (Lipinski definition) is 4. The third-order valence-corrected chi connectivity index (χ3v) is 6.04. The molecule has 29 heavy (non-hydrogen) atoms. The zero-order chi connectivity index (χ0) is 19.8. The Morgan fingerprint density at radius 1 is 1.28 bits per heavy atom. The first-order chi connectivity index (χ1) is 13.6. The molecule has 0 aliphatic carbocycles. The van der Waals surface area contributed by atoms with Gasteiger partial charge in [0.25, 0.3) is 0 Å². The predicted molar refractivity (Wildman–Crippen MR) is 134 cm³/mol. The SMILES string of the molecule is CCNC(=NCC1CCN(Cc2csc(C)n2)CC1)N(C)Cc1ccccc1.I. The summed E-state index contributed by atoms with van der Waals surface area (Å²) < 4.78 is 0. The Morgan fingerprint density at radius 3 is 2.62 bits per heavy atom. The van der Waals surface area contributed by atoms with Gasteiger partial charge in [0.15, 0.2) is 5.96 Å². The molecule has 1 aromatic carbocycles. The van der Waals surface area contributed by atoms with Gasteiger partial charge in [0.2, 0.25) is 0 Å². The molecule has 5 nitrogen and oxygen atoms in total. The molecule has 0 radical (unpaired) electrons. The van der Waals surface area contributed by atoms with E-state index in [1.807, 2.05) is 0 Å². The van der Waals surface area contributed by atoms with E-state index in [1.165, 1.54) is 24.1 Å². The summed E-state index contributed by atoms with van der Waals surface area (Å²) in [4.78, 5) is 14.3. The highest BCUT2D eigenvalue weighted by atomic mass is 127. The van der Waals surface area contributed by atoms with Crippen molar-refractivity contribution in [1.82, 2.24) is 20.1 Å². The summed E-state index contributed by atoms with van der Waals surface area (Å²) in [6, 6.07) is 10.6. The Labute approximate surface area is 196 Å². The Bertz CT molecular complexity index is 741. The average molecular weight is 528 g/mol. The van der Waals surface area contributed by atoms with Crippen LogP contribution in [0.15, 0.2) is 40.7 Å². The van der Waals surface area contributed by atoms with Crippen molar-refractivity contribution in [2.75, 3.05) is 33.2 Å². The molecular formula is C22H34IN5S. The summed E-state index contributed by atoms with van der Waals surface area (Å²) in [5.74, 6) is 1.68. The van der Waals surface area contributed by atoms with E-state index in [0.717, 1.165) is 50.2 Å². The first-order valence-corrected chi connectivity index (χ1v) is 11.2. The van der Waals surface area contributed by atoms with Gasteiger partial charge in [-0.2, -0.15) is 0 Å². The van der Waals surface area contributed by atoms with Crippen LogP contribution in [0.25, 0.3) is 0 Å². The standard InChI is InChI=1S/C22H33N5S.HI/c1-4-23-22(26(3)15-20-8-6-5-7-9-20)24-14-19-10-12-27(13-11-19)16-21-17-28-18(2)25-21;/h5-9,17,19H,4,10-16H2,1-3H3,(H,23,24);1H. The van der Waals surface area contributed by atoms with Gasteiger partial charge in [0, 0.05) is 38.6 Å². The van der Waals surface area contributed by atoms with E-state index >= 15 is 0 Å². The molecule has 1 aliphatic heterocycles. The molecule has 0 spiro atoms. The topological polar surface area (TPSA) is 43.8 Å². The number of nitrogens with one attached hydrogen (secondary N) is 1. The lowest BCUT2D eigenvalue weighted by Gasteiger charge is -2.31. The van der Waals surface area contributed by atoms with E-state index in [2.05, 4.69) is 76.7 Å². The lowest BCUT2D eigenvalue weighted by atomic mass is 9.97. The number of thiazole rings is 1. The van der Waals surface area contributed by atoms with E-state index in [1.54, 1.807) is 11.3 Å². The molecule has 0 atom stereocenters. The van der Waals surface area contributed by atoms with Crippen LogP contribution in [-0.4, -0.2) is 54.0 Å². The Kier molecular flexibility index (Phi) is 10.4. The molecule has 160 valence electrons. The Balaban J connectivity index is 0.00000300. The van der Waals surface area contributed by atoms with Gasteiger partial charge in [0.05, 0.1) is 10.7 Å². The van der Waals surface area contributed by atoms with Crippen LogP contribution >= 0.6 is 35.3 Å². The van der Waals surface area contributed by atoms with Gasteiger partial charge < -0.3 is 10.2 Å². The third-order valence-electron chi connectivity index (χ3n) is 5.22. The third kappa shape index (κ3) is 7.86. The highest BCUT2D eigenvalue weighted by Gasteiger charge is 2.20. The second-order valence-corrected chi connectivity index (χ2v) is 8.68. The number of rotatable bonds is 7. The summed E-state index contributed by atoms with van der Waals surface area (Å²) in [5, 5.41) is 6.80. The fourth-order valence-electron chi connectivity index (χ4n) is 3.65. The Hall–Kier alpha value is -1.19. The van der Waals surface area contributed by atoms with Gasteiger partial charge >= 0.3 is 0 Å². The van der Waals surface area contributed by atoms with Crippen molar-refractivity contribution in [1.29, 1.82) is 0 Å². The van der Waals surface area contributed by atoms with Crippen LogP contribution in [0.4, 0.5) is 0 Å². The molecule has 7 heteroatoms. The van der Waals surface area contributed by atoms with Crippen molar-refractivity contribution in [3.63, 3.8) is 0 Å². The highest BCUT2D eigenvalue weighted by molar-refractivity contribution is 14.0. The lowest BCUT2D eigenvalue weighted by Crippen LogP contribution is -2.39.